The van der Waals surface area contributed by atoms with Crippen LogP contribution < -0.4 is 10.6 Å². The first-order valence-corrected chi connectivity index (χ1v) is 8.59. The van der Waals surface area contributed by atoms with E-state index in [9.17, 15) is 0 Å². The summed E-state index contributed by atoms with van der Waals surface area (Å²) in [6, 6.07) is 0. The molecule has 118 valence electrons. The van der Waals surface area contributed by atoms with Crippen molar-refractivity contribution in [1.29, 1.82) is 0 Å². The highest BCUT2D eigenvalue weighted by atomic mass is 15.1. The molecule has 1 aliphatic carbocycles. The van der Waals surface area contributed by atoms with Gasteiger partial charge < -0.3 is 10.6 Å². The summed E-state index contributed by atoms with van der Waals surface area (Å²) < 4.78 is 0. The van der Waals surface area contributed by atoms with E-state index in [1.54, 1.807) is 0 Å². The van der Waals surface area contributed by atoms with Crippen LogP contribution in [-0.2, 0) is 6.42 Å². The molecule has 0 aliphatic heterocycles. The summed E-state index contributed by atoms with van der Waals surface area (Å²) in [5, 5.41) is 6.97. The van der Waals surface area contributed by atoms with Crippen molar-refractivity contribution in [3.05, 3.63) is 11.4 Å². The van der Waals surface area contributed by atoms with Crippen LogP contribution in [0.15, 0.2) is 0 Å². The fourth-order valence-electron chi connectivity index (χ4n) is 2.66. The Kier molecular flexibility index (Phi) is 6.27. The molecule has 1 aliphatic rings. The minimum absolute atomic E-state index is 0.937. The number of nitrogens with one attached hydrogen (secondary N) is 2. The zero-order chi connectivity index (χ0) is 15.1. The molecule has 1 heterocycles. The molecule has 1 aromatic rings. The quantitative estimate of drug-likeness (QED) is 0.717. The topological polar surface area (TPSA) is 49.8 Å². The van der Waals surface area contributed by atoms with Crippen LogP contribution in [0.2, 0.25) is 0 Å². The summed E-state index contributed by atoms with van der Waals surface area (Å²) in [6.45, 7) is 8.45. The normalized spacial score (nSPS) is 14.8. The molecule has 0 amide bonds. The van der Waals surface area contributed by atoms with E-state index in [0.29, 0.717) is 0 Å². The fraction of sp³-hybridized carbons (Fsp3) is 0.765. The highest BCUT2D eigenvalue weighted by Crippen LogP contribution is 2.29. The summed E-state index contributed by atoms with van der Waals surface area (Å²) >= 11 is 0. The molecular weight excluding hydrogens is 260 g/mol. The van der Waals surface area contributed by atoms with E-state index in [1.165, 1.54) is 25.7 Å². The van der Waals surface area contributed by atoms with Crippen molar-refractivity contribution in [3.8, 4) is 0 Å². The summed E-state index contributed by atoms with van der Waals surface area (Å²) in [5.41, 5.74) is 1.15. The van der Waals surface area contributed by atoms with Crippen molar-refractivity contribution in [1.82, 2.24) is 9.97 Å². The summed E-state index contributed by atoms with van der Waals surface area (Å²) in [7, 11) is 0. The monoisotopic (exact) mass is 290 g/mol. The van der Waals surface area contributed by atoms with Gasteiger partial charge in [0.25, 0.3) is 0 Å². The Morgan fingerprint density at radius 2 is 1.67 bits per heavy atom. The van der Waals surface area contributed by atoms with Crippen LogP contribution in [0.5, 0.6) is 0 Å². The van der Waals surface area contributed by atoms with Crippen LogP contribution in [0.1, 0.15) is 63.8 Å². The molecule has 21 heavy (non-hydrogen) atoms. The second-order valence-electron chi connectivity index (χ2n) is 6.15. The van der Waals surface area contributed by atoms with Crippen molar-refractivity contribution in [2.45, 2.75) is 65.7 Å². The zero-order valence-electron chi connectivity index (χ0n) is 13.8. The van der Waals surface area contributed by atoms with E-state index in [4.69, 9.17) is 4.98 Å². The molecule has 4 nitrogen and oxygen atoms in total. The van der Waals surface area contributed by atoms with Crippen LogP contribution >= 0.6 is 0 Å². The molecule has 1 fully saturated rings. The number of aromatic nitrogens is 2. The molecular formula is C17H30N4. The highest BCUT2D eigenvalue weighted by molar-refractivity contribution is 5.57. The van der Waals surface area contributed by atoms with Gasteiger partial charge in [0.1, 0.15) is 17.5 Å². The second kappa shape index (κ2) is 8.20. The first-order valence-electron chi connectivity index (χ1n) is 8.59. The molecule has 2 N–H and O–H groups in total. The Morgan fingerprint density at radius 1 is 1.00 bits per heavy atom. The Bertz CT molecular complexity index is 441. The molecule has 1 saturated carbocycles. The van der Waals surface area contributed by atoms with Gasteiger partial charge in [-0.05, 0) is 32.1 Å². The van der Waals surface area contributed by atoms with E-state index < -0.39 is 0 Å². The minimum atomic E-state index is 0.937. The van der Waals surface area contributed by atoms with E-state index in [2.05, 4.69) is 36.4 Å². The molecule has 4 heteroatoms. The van der Waals surface area contributed by atoms with Crippen molar-refractivity contribution in [2.24, 2.45) is 5.92 Å². The third-order valence-electron chi connectivity index (χ3n) is 4.28. The van der Waals surface area contributed by atoms with Gasteiger partial charge in [-0.3, -0.25) is 0 Å². The standard InChI is InChI=1S/C17H30N4/c1-4-7-15-20-16(18-11-5-2)13(3)17(21-15)19-12-10-14-8-6-9-14/h14H,4-12H2,1-3H3,(H2,18,19,20,21). The minimum Gasteiger partial charge on any atom is -0.370 e. The zero-order valence-corrected chi connectivity index (χ0v) is 13.8. The van der Waals surface area contributed by atoms with Gasteiger partial charge in [0.2, 0.25) is 0 Å². The maximum atomic E-state index is 4.71. The average molecular weight is 290 g/mol. The Morgan fingerprint density at radius 3 is 2.19 bits per heavy atom. The number of hydrogen-bond donors (Lipinski definition) is 2. The third-order valence-corrected chi connectivity index (χ3v) is 4.28. The van der Waals surface area contributed by atoms with E-state index in [1.807, 2.05) is 0 Å². The van der Waals surface area contributed by atoms with Gasteiger partial charge in [-0.25, -0.2) is 9.97 Å². The van der Waals surface area contributed by atoms with Crippen molar-refractivity contribution in [2.75, 3.05) is 23.7 Å². The largest absolute Gasteiger partial charge is 0.370 e. The van der Waals surface area contributed by atoms with Crippen LogP contribution in [0.4, 0.5) is 11.6 Å². The molecule has 0 saturated heterocycles. The van der Waals surface area contributed by atoms with Gasteiger partial charge in [-0.1, -0.05) is 33.1 Å². The van der Waals surface area contributed by atoms with E-state index >= 15 is 0 Å². The summed E-state index contributed by atoms with van der Waals surface area (Å²) in [4.78, 5) is 9.38. The van der Waals surface area contributed by atoms with Crippen molar-refractivity contribution >= 4 is 11.6 Å². The maximum absolute atomic E-state index is 4.71. The smallest absolute Gasteiger partial charge is 0.134 e. The fourth-order valence-corrected chi connectivity index (χ4v) is 2.66. The van der Waals surface area contributed by atoms with Gasteiger partial charge in [0, 0.05) is 25.1 Å². The number of anilines is 2. The first kappa shape index (κ1) is 16.1. The van der Waals surface area contributed by atoms with Gasteiger partial charge in [0.15, 0.2) is 0 Å². The van der Waals surface area contributed by atoms with Crippen LogP contribution in [-0.4, -0.2) is 23.1 Å². The number of nitrogens with zero attached hydrogens (tertiary/aromatic N) is 2. The van der Waals surface area contributed by atoms with E-state index in [-0.39, 0.29) is 0 Å². The number of hydrogen-bond acceptors (Lipinski definition) is 4. The molecule has 1 aromatic heterocycles. The predicted molar refractivity (Wildman–Crippen MR) is 90.0 cm³/mol. The highest BCUT2D eigenvalue weighted by Gasteiger charge is 2.17. The molecule has 0 unspecified atom stereocenters. The van der Waals surface area contributed by atoms with Crippen molar-refractivity contribution in [3.63, 3.8) is 0 Å². The summed E-state index contributed by atoms with van der Waals surface area (Å²) in [5.74, 6) is 3.91. The van der Waals surface area contributed by atoms with E-state index in [0.717, 1.165) is 61.3 Å². The second-order valence-corrected chi connectivity index (χ2v) is 6.15. The lowest BCUT2D eigenvalue weighted by atomic mass is 9.83. The Balaban J connectivity index is 2.02. The van der Waals surface area contributed by atoms with Crippen molar-refractivity contribution < 1.29 is 0 Å². The van der Waals surface area contributed by atoms with Gasteiger partial charge >= 0.3 is 0 Å². The average Bonchev–Trinajstić information content (AvgIpc) is 2.43. The first-order chi connectivity index (χ1) is 10.2. The van der Waals surface area contributed by atoms with Crippen LogP contribution in [0.3, 0.4) is 0 Å². The predicted octanol–water partition coefficient (Wildman–Crippen LogP) is 4.16. The maximum Gasteiger partial charge on any atom is 0.134 e. The molecule has 2 rings (SSSR count). The lowest BCUT2D eigenvalue weighted by molar-refractivity contribution is 0.303. The molecule has 0 atom stereocenters. The lowest BCUT2D eigenvalue weighted by Crippen LogP contribution is -2.17. The Hall–Kier alpha value is -1.32. The van der Waals surface area contributed by atoms with Gasteiger partial charge in [0.05, 0.1) is 0 Å². The molecule has 0 spiro atoms. The van der Waals surface area contributed by atoms with Gasteiger partial charge in [-0.2, -0.15) is 0 Å². The molecule has 0 aromatic carbocycles. The summed E-state index contributed by atoms with van der Waals surface area (Å²) in [6.07, 6.45) is 8.64. The molecule has 0 radical (unpaired) electrons. The van der Waals surface area contributed by atoms with Crippen LogP contribution in [0.25, 0.3) is 0 Å². The number of aryl methyl sites for hydroxylation is 1. The van der Waals surface area contributed by atoms with Gasteiger partial charge in [-0.15, -0.1) is 0 Å². The SMILES string of the molecule is CCCNc1nc(CCC)nc(NCCC2CCC2)c1C. The van der Waals surface area contributed by atoms with Crippen LogP contribution in [0, 0.1) is 12.8 Å². The third kappa shape index (κ3) is 4.58. The number of rotatable bonds is 9. The molecule has 0 bridgehead atoms. The Labute approximate surface area is 129 Å². The lowest BCUT2D eigenvalue weighted by Gasteiger charge is -2.25.